The Morgan fingerprint density at radius 2 is 2.09 bits per heavy atom. The van der Waals surface area contributed by atoms with Gasteiger partial charge in [-0.25, -0.2) is 0 Å². The van der Waals surface area contributed by atoms with Crippen LogP contribution in [0.2, 0.25) is 0 Å². The van der Waals surface area contributed by atoms with E-state index in [1.54, 1.807) is 25.4 Å². The number of methoxy groups -OCH3 is 1. The summed E-state index contributed by atoms with van der Waals surface area (Å²) in [4.78, 5) is 18.3. The molecule has 3 heterocycles. The third kappa shape index (κ3) is 3.93. The number of hydrogen-bond acceptors (Lipinski definition) is 7. The van der Waals surface area contributed by atoms with E-state index in [2.05, 4.69) is 15.2 Å². The van der Waals surface area contributed by atoms with E-state index in [0.717, 1.165) is 41.1 Å². The number of ether oxygens (including phenoxy) is 3. The number of carbonyl (C=O) groups excluding carboxylic acids is 1. The first-order chi connectivity index (χ1) is 16.6. The number of anilines is 1. The molecular formula is C26H27N3O5. The zero-order valence-corrected chi connectivity index (χ0v) is 18.9. The fourth-order valence-corrected chi connectivity index (χ4v) is 5.32. The Balaban J connectivity index is 1.03. The van der Waals surface area contributed by atoms with Gasteiger partial charge >= 0.3 is 0 Å². The number of nitrogens with one attached hydrogen (secondary N) is 1. The van der Waals surface area contributed by atoms with Gasteiger partial charge in [0, 0.05) is 30.9 Å². The van der Waals surface area contributed by atoms with Crippen LogP contribution in [-0.4, -0.2) is 60.9 Å². The number of benzene rings is 2. The maximum absolute atomic E-state index is 11.6. The second-order valence-corrected chi connectivity index (χ2v) is 9.33. The largest absolute Gasteiger partial charge is 0.495 e. The number of aliphatic hydroxyl groups is 1. The molecule has 4 atom stereocenters. The minimum absolute atomic E-state index is 0.0297. The standard InChI is InChI=1S/C26H27N3O5/c1-32-16-8-17-21(27-9-16)3-2-4-24(17)33-13-20-18-10-29(11-19(18)20)12-23(30)15-5-6-25-22(7-15)28-26(31)14-34-25/h2-9,18-20,23,30H,10-14H2,1H3,(H,28,31)/t18-,19+,20?,23?. The second-order valence-electron chi connectivity index (χ2n) is 9.33. The number of likely N-dealkylation sites (tertiary alicyclic amines) is 1. The number of β-amino-alcohol motifs (C(OH)–C–C–N with tert-alkyl or cyclic N) is 1. The highest BCUT2D eigenvalue weighted by Crippen LogP contribution is 2.52. The van der Waals surface area contributed by atoms with Gasteiger partial charge in [0.2, 0.25) is 0 Å². The highest BCUT2D eigenvalue weighted by atomic mass is 16.5. The van der Waals surface area contributed by atoms with E-state index >= 15 is 0 Å². The highest BCUT2D eigenvalue weighted by Gasteiger charge is 2.55. The van der Waals surface area contributed by atoms with Gasteiger partial charge < -0.3 is 24.6 Å². The summed E-state index contributed by atoms with van der Waals surface area (Å²) in [5, 5.41) is 14.5. The smallest absolute Gasteiger partial charge is 0.262 e. The molecule has 2 aromatic carbocycles. The van der Waals surface area contributed by atoms with Crippen molar-refractivity contribution in [2.75, 3.05) is 45.3 Å². The average Bonchev–Trinajstić information content (AvgIpc) is 3.31. The second kappa shape index (κ2) is 8.45. The van der Waals surface area contributed by atoms with E-state index < -0.39 is 6.10 Å². The zero-order chi connectivity index (χ0) is 23.2. The molecule has 1 amide bonds. The monoisotopic (exact) mass is 461 g/mol. The first-order valence-electron chi connectivity index (χ1n) is 11.6. The Kier molecular flexibility index (Phi) is 5.27. The highest BCUT2D eigenvalue weighted by molar-refractivity contribution is 5.95. The minimum atomic E-state index is -0.616. The lowest BCUT2D eigenvalue weighted by Crippen LogP contribution is -2.30. The lowest BCUT2D eigenvalue weighted by atomic mass is 10.1. The van der Waals surface area contributed by atoms with Crippen molar-refractivity contribution in [3.8, 4) is 17.2 Å². The Morgan fingerprint density at radius 1 is 1.24 bits per heavy atom. The number of aliphatic hydroxyl groups excluding tert-OH is 1. The van der Waals surface area contributed by atoms with Crippen molar-refractivity contribution in [2.24, 2.45) is 17.8 Å². The van der Waals surface area contributed by atoms with Crippen LogP contribution in [0.1, 0.15) is 11.7 Å². The first-order valence-corrected chi connectivity index (χ1v) is 11.6. The van der Waals surface area contributed by atoms with Crippen LogP contribution in [-0.2, 0) is 4.79 Å². The number of piperidine rings is 1. The molecule has 1 aliphatic carbocycles. The molecule has 8 nitrogen and oxygen atoms in total. The number of pyridine rings is 1. The lowest BCUT2D eigenvalue weighted by molar-refractivity contribution is -0.118. The van der Waals surface area contributed by atoms with Gasteiger partial charge in [-0.3, -0.25) is 14.7 Å². The molecule has 0 spiro atoms. The van der Waals surface area contributed by atoms with Crippen LogP contribution in [0.5, 0.6) is 17.2 Å². The summed E-state index contributed by atoms with van der Waals surface area (Å²) < 4.78 is 16.9. The fraction of sp³-hybridized carbons (Fsp3) is 0.385. The van der Waals surface area contributed by atoms with Crippen LogP contribution >= 0.6 is 0 Å². The molecule has 0 radical (unpaired) electrons. The number of aromatic nitrogens is 1. The number of carbonyl (C=O) groups is 1. The molecule has 0 bridgehead atoms. The zero-order valence-electron chi connectivity index (χ0n) is 18.9. The third-order valence-corrected chi connectivity index (χ3v) is 7.23. The molecule has 6 rings (SSSR count). The summed E-state index contributed by atoms with van der Waals surface area (Å²) in [6.45, 7) is 3.22. The maximum Gasteiger partial charge on any atom is 0.262 e. The van der Waals surface area contributed by atoms with Crippen LogP contribution in [0.4, 0.5) is 5.69 Å². The molecular weight excluding hydrogens is 434 g/mol. The van der Waals surface area contributed by atoms with E-state index in [1.165, 1.54) is 0 Å². The quantitative estimate of drug-likeness (QED) is 0.559. The lowest BCUT2D eigenvalue weighted by Gasteiger charge is -2.24. The van der Waals surface area contributed by atoms with Crippen molar-refractivity contribution in [1.82, 2.24) is 9.88 Å². The van der Waals surface area contributed by atoms with Gasteiger partial charge in [-0.2, -0.15) is 0 Å². The molecule has 2 unspecified atom stereocenters. The molecule has 1 saturated carbocycles. The molecule has 2 aliphatic heterocycles. The normalized spacial score (nSPS) is 24.1. The predicted molar refractivity (Wildman–Crippen MR) is 126 cm³/mol. The van der Waals surface area contributed by atoms with E-state index in [4.69, 9.17) is 14.2 Å². The summed E-state index contributed by atoms with van der Waals surface area (Å²) in [7, 11) is 1.64. The molecule has 34 heavy (non-hydrogen) atoms. The van der Waals surface area contributed by atoms with Crippen LogP contribution in [0.15, 0.2) is 48.7 Å². The Bertz CT molecular complexity index is 1240. The van der Waals surface area contributed by atoms with E-state index in [9.17, 15) is 9.90 Å². The van der Waals surface area contributed by atoms with Crippen molar-refractivity contribution in [3.05, 3.63) is 54.2 Å². The summed E-state index contributed by atoms with van der Waals surface area (Å²) in [6, 6.07) is 13.4. The molecule has 8 heteroatoms. The maximum atomic E-state index is 11.6. The summed E-state index contributed by atoms with van der Waals surface area (Å²) >= 11 is 0. The number of nitrogens with zero attached hydrogens (tertiary/aromatic N) is 2. The SMILES string of the molecule is COc1cnc2cccc(OCC3[C@H]4CN(CC(O)c5ccc6c(c5)NC(=O)CO6)C[C@@H]34)c2c1. The predicted octanol–water partition coefficient (Wildman–Crippen LogP) is 2.86. The van der Waals surface area contributed by atoms with E-state index in [1.807, 2.05) is 30.3 Å². The van der Waals surface area contributed by atoms with Gasteiger partial charge in [-0.05, 0) is 47.7 Å². The van der Waals surface area contributed by atoms with Gasteiger partial charge in [0.25, 0.3) is 5.91 Å². The topological polar surface area (TPSA) is 93.2 Å². The van der Waals surface area contributed by atoms with Gasteiger partial charge in [-0.15, -0.1) is 0 Å². The van der Waals surface area contributed by atoms with E-state index in [-0.39, 0.29) is 12.5 Å². The molecule has 176 valence electrons. The molecule has 2 fully saturated rings. The summed E-state index contributed by atoms with van der Waals surface area (Å²) in [6.07, 6.45) is 1.10. The van der Waals surface area contributed by atoms with Crippen LogP contribution in [0, 0.1) is 17.8 Å². The average molecular weight is 462 g/mol. The minimum Gasteiger partial charge on any atom is -0.495 e. The Hall–Kier alpha value is -3.36. The number of rotatable bonds is 7. The fourth-order valence-electron chi connectivity index (χ4n) is 5.32. The molecule has 1 aromatic heterocycles. The van der Waals surface area contributed by atoms with Gasteiger partial charge in [0.1, 0.15) is 17.2 Å². The van der Waals surface area contributed by atoms with E-state index in [0.29, 0.717) is 42.3 Å². The van der Waals surface area contributed by atoms with Gasteiger partial charge in [-0.1, -0.05) is 12.1 Å². The molecule has 3 aliphatic rings. The number of amides is 1. The summed E-state index contributed by atoms with van der Waals surface area (Å²) in [5.74, 6) is 3.77. The van der Waals surface area contributed by atoms with Crippen LogP contribution < -0.4 is 19.5 Å². The molecule has 1 saturated heterocycles. The Labute approximate surface area is 197 Å². The van der Waals surface area contributed by atoms with Gasteiger partial charge in [0.05, 0.1) is 37.2 Å². The number of fused-ring (bicyclic) bond motifs is 3. The first kappa shape index (κ1) is 21.2. The summed E-state index contributed by atoms with van der Waals surface area (Å²) in [5.41, 5.74) is 2.29. The van der Waals surface area contributed by atoms with Crippen molar-refractivity contribution in [2.45, 2.75) is 6.10 Å². The Morgan fingerprint density at radius 3 is 2.91 bits per heavy atom. The van der Waals surface area contributed by atoms with Gasteiger partial charge in [0.15, 0.2) is 6.61 Å². The molecule has 3 aromatic rings. The van der Waals surface area contributed by atoms with Crippen molar-refractivity contribution >= 4 is 22.5 Å². The van der Waals surface area contributed by atoms with Crippen LogP contribution in [0.3, 0.4) is 0 Å². The third-order valence-electron chi connectivity index (χ3n) is 7.23. The van der Waals surface area contributed by atoms with Crippen molar-refractivity contribution in [3.63, 3.8) is 0 Å². The van der Waals surface area contributed by atoms with Crippen molar-refractivity contribution < 1.29 is 24.1 Å². The molecule has 2 N–H and O–H groups in total. The number of hydrogen-bond donors (Lipinski definition) is 2. The van der Waals surface area contributed by atoms with Crippen molar-refractivity contribution in [1.29, 1.82) is 0 Å². The van der Waals surface area contributed by atoms with Crippen LogP contribution in [0.25, 0.3) is 10.9 Å².